The Morgan fingerprint density at radius 1 is 1.05 bits per heavy atom. The average molecular weight is 628 g/mol. The molecule has 0 aliphatic carbocycles. The first-order chi connectivity index (χ1) is 20.4. The number of halogens is 6. The quantitative estimate of drug-likeness (QED) is 0.148. The van der Waals surface area contributed by atoms with Crippen molar-refractivity contribution >= 4 is 23.8 Å². The lowest BCUT2D eigenvalue weighted by molar-refractivity contribution is -0.258. The monoisotopic (exact) mass is 627 g/mol. The number of guanidine groups is 2. The van der Waals surface area contributed by atoms with Gasteiger partial charge >= 0.3 is 18.3 Å². The molecule has 234 valence electrons. The first-order valence-electron chi connectivity index (χ1n) is 13.0. The van der Waals surface area contributed by atoms with Gasteiger partial charge in [0, 0.05) is 18.7 Å². The summed E-state index contributed by atoms with van der Waals surface area (Å²) in [5.74, 6) is -6.40. The van der Waals surface area contributed by atoms with Gasteiger partial charge in [0.25, 0.3) is 5.91 Å². The number of fused-ring (bicyclic) bond motifs is 1. The van der Waals surface area contributed by atoms with E-state index >= 15 is 0 Å². The second-order valence-corrected chi connectivity index (χ2v) is 10.8. The van der Waals surface area contributed by atoms with Crippen LogP contribution in [0.25, 0.3) is 0 Å². The normalized spacial score (nSPS) is 27.3. The lowest BCUT2D eigenvalue weighted by Gasteiger charge is -2.51. The van der Waals surface area contributed by atoms with Crippen LogP contribution in [0.3, 0.4) is 0 Å². The van der Waals surface area contributed by atoms with Gasteiger partial charge in [0.05, 0.1) is 35.3 Å². The van der Waals surface area contributed by atoms with Crippen LogP contribution < -0.4 is 16.0 Å². The first-order valence-corrected chi connectivity index (χ1v) is 13.0. The van der Waals surface area contributed by atoms with E-state index in [-0.39, 0.29) is 37.2 Å². The molecule has 4 aliphatic rings. The highest BCUT2D eigenvalue weighted by molar-refractivity contribution is 5.98. The van der Waals surface area contributed by atoms with Crippen LogP contribution in [0.4, 0.5) is 26.3 Å². The summed E-state index contributed by atoms with van der Waals surface area (Å²) < 4.78 is 85.8. The molecule has 4 heterocycles. The van der Waals surface area contributed by atoms with Gasteiger partial charge in [-0.3, -0.25) is 15.6 Å². The van der Waals surface area contributed by atoms with Crippen molar-refractivity contribution < 1.29 is 50.9 Å². The number of aliphatic hydroxyl groups is 2. The standard InChI is InChI=1S/C26H23F6N7O5/c27-25(28,29)12-5-6-15(26(30,31)32)14(7-12)20(41)44-17-10-39-22(34)35-16(18-23(39,24(17,42)43)37-21(33)36-18)9-38-8-11-3-1-2-4-13(11)19(38)40/h1-7,16-18,42-43H,8-10H2,(H2,34,35)(H3,33,36,37)/t16?,17-,18-,23?/m0/s1. The smallest absolute Gasteiger partial charge is 0.417 e. The van der Waals surface area contributed by atoms with Crippen LogP contribution in [-0.2, 0) is 23.6 Å². The molecule has 2 aromatic rings. The highest BCUT2D eigenvalue weighted by Gasteiger charge is 2.75. The third-order valence-electron chi connectivity index (χ3n) is 8.28. The minimum Gasteiger partial charge on any atom is -0.451 e. The van der Waals surface area contributed by atoms with Crippen LogP contribution in [0, 0.1) is 10.8 Å². The van der Waals surface area contributed by atoms with Crippen LogP contribution >= 0.6 is 0 Å². The highest BCUT2D eigenvalue weighted by atomic mass is 19.4. The number of nitrogens with zero attached hydrogens (tertiary/aromatic N) is 2. The molecule has 4 aliphatic heterocycles. The summed E-state index contributed by atoms with van der Waals surface area (Å²) in [7, 11) is 0. The van der Waals surface area contributed by atoms with E-state index in [2.05, 4.69) is 16.0 Å². The van der Waals surface area contributed by atoms with Crippen LogP contribution in [0.15, 0.2) is 42.5 Å². The molecule has 18 heteroatoms. The Balaban J connectivity index is 1.31. The molecule has 2 unspecified atom stereocenters. The lowest BCUT2D eigenvalue weighted by Crippen LogP contribution is -2.81. The second-order valence-electron chi connectivity index (χ2n) is 10.8. The van der Waals surface area contributed by atoms with Crippen molar-refractivity contribution in [2.24, 2.45) is 0 Å². The topological polar surface area (TPSA) is 174 Å². The SMILES string of the molecule is N=C1N[C@H]2C(CN3Cc4ccccc4C3=O)NC(=N)N3C[C@H](OC(=O)c4cc(C(F)(F)F)ccc4C(F)(F)F)C(O)(O)C23N1. The predicted octanol–water partition coefficient (Wildman–Crippen LogP) is 1.00. The van der Waals surface area contributed by atoms with Gasteiger partial charge in [-0.05, 0) is 29.8 Å². The van der Waals surface area contributed by atoms with E-state index in [0.29, 0.717) is 5.56 Å². The Morgan fingerprint density at radius 3 is 2.41 bits per heavy atom. The number of ether oxygens (including phenoxy) is 1. The molecular weight excluding hydrogens is 604 g/mol. The maximum absolute atomic E-state index is 13.6. The van der Waals surface area contributed by atoms with Gasteiger partial charge in [-0.25, -0.2) is 4.79 Å². The van der Waals surface area contributed by atoms with Gasteiger partial charge in [0.1, 0.15) is 0 Å². The Kier molecular flexibility index (Phi) is 6.34. The molecule has 2 aromatic carbocycles. The average Bonchev–Trinajstić information content (AvgIpc) is 3.53. The number of benzene rings is 2. The summed E-state index contributed by atoms with van der Waals surface area (Å²) in [6.45, 7) is -0.612. The number of alkyl halides is 6. The third kappa shape index (κ3) is 4.30. The Morgan fingerprint density at radius 2 is 1.75 bits per heavy atom. The Hall–Kier alpha value is -4.58. The number of amides is 1. The van der Waals surface area contributed by atoms with Gasteiger partial charge in [0.2, 0.25) is 5.79 Å². The number of carbonyl (C=O) groups excluding carboxylic acids is 2. The fourth-order valence-electron chi connectivity index (χ4n) is 6.30. The molecule has 0 saturated carbocycles. The minimum atomic E-state index is -5.26. The number of rotatable bonds is 4. The van der Waals surface area contributed by atoms with Gasteiger partial charge in [-0.2, -0.15) is 26.3 Å². The van der Waals surface area contributed by atoms with Crippen molar-refractivity contribution in [2.45, 2.75) is 48.5 Å². The number of carbonyl (C=O) groups is 2. The molecule has 4 atom stereocenters. The maximum atomic E-state index is 13.6. The van der Waals surface area contributed by atoms with Gasteiger partial charge in [-0.1, -0.05) is 18.2 Å². The summed E-state index contributed by atoms with van der Waals surface area (Å²) in [5.41, 5.74) is -5.84. The lowest BCUT2D eigenvalue weighted by atomic mass is 9.85. The Labute approximate surface area is 243 Å². The van der Waals surface area contributed by atoms with Crippen LogP contribution in [0.2, 0.25) is 0 Å². The van der Waals surface area contributed by atoms with Crippen molar-refractivity contribution in [3.8, 4) is 0 Å². The number of hydrogen-bond donors (Lipinski definition) is 7. The fourth-order valence-corrected chi connectivity index (χ4v) is 6.30. The molecule has 3 saturated heterocycles. The van der Waals surface area contributed by atoms with Gasteiger partial charge < -0.3 is 40.7 Å². The third-order valence-corrected chi connectivity index (χ3v) is 8.28. The minimum absolute atomic E-state index is 0.0409. The zero-order valence-electron chi connectivity index (χ0n) is 22.2. The summed E-state index contributed by atoms with van der Waals surface area (Å²) in [5, 5.41) is 47.7. The molecular formula is C26H23F6N7O5. The summed E-state index contributed by atoms with van der Waals surface area (Å²) in [4.78, 5) is 28.4. The largest absolute Gasteiger partial charge is 0.451 e. The highest BCUT2D eigenvalue weighted by Crippen LogP contribution is 2.45. The molecule has 3 fully saturated rings. The van der Waals surface area contributed by atoms with Crippen LogP contribution in [0.5, 0.6) is 0 Å². The van der Waals surface area contributed by atoms with E-state index in [4.69, 9.17) is 15.6 Å². The van der Waals surface area contributed by atoms with E-state index in [1.165, 1.54) is 4.90 Å². The molecule has 1 spiro atoms. The molecule has 44 heavy (non-hydrogen) atoms. The zero-order valence-corrected chi connectivity index (χ0v) is 22.2. The van der Waals surface area contributed by atoms with Crippen molar-refractivity contribution in [1.29, 1.82) is 10.8 Å². The van der Waals surface area contributed by atoms with E-state index in [0.717, 1.165) is 10.5 Å². The number of esters is 1. The van der Waals surface area contributed by atoms with E-state index in [9.17, 15) is 46.1 Å². The summed E-state index contributed by atoms with van der Waals surface area (Å²) in [6, 6.07) is 4.85. The number of nitrogens with one attached hydrogen (secondary N) is 5. The Bertz CT molecular complexity index is 1600. The van der Waals surface area contributed by atoms with E-state index in [1.807, 2.05) is 0 Å². The molecule has 0 radical (unpaired) electrons. The molecule has 1 amide bonds. The number of hydrogen-bond acceptors (Lipinski definition) is 7. The molecule has 6 rings (SSSR count). The van der Waals surface area contributed by atoms with Crippen LogP contribution in [0.1, 0.15) is 37.4 Å². The summed E-state index contributed by atoms with van der Waals surface area (Å²) >= 11 is 0. The van der Waals surface area contributed by atoms with E-state index in [1.54, 1.807) is 24.3 Å². The van der Waals surface area contributed by atoms with E-state index < -0.39 is 83.1 Å². The van der Waals surface area contributed by atoms with Crippen molar-refractivity contribution in [1.82, 2.24) is 25.8 Å². The van der Waals surface area contributed by atoms with Gasteiger partial charge in [-0.15, -0.1) is 0 Å². The van der Waals surface area contributed by atoms with Gasteiger partial charge in [0.15, 0.2) is 23.7 Å². The zero-order chi connectivity index (χ0) is 32.0. The predicted molar refractivity (Wildman–Crippen MR) is 136 cm³/mol. The van der Waals surface area contributed by atoms with Crippen molar-refractivity contribution in [3.63, 3.8) is 0 Å². The molecule has 7 N–H and O–H groups in total. The fraction of sp³-hybridized carbons (Fsp3) is 0.385. The van der Waals surface area contributed by atoms with Crippen molar-refractivity contribution in [3.05, 3.63) is 70.3 Å². The maximum Gasteiger partial charge on any atom is 0.417 e. The van der Waals surface area contributed by atoms with Crippen molar-refractivity contribution in [2.75, 3.05) is 13.1 Å². The molecule has 12 nitrogen and oxygen atoms in total. The first kappa shape index (κ1) is 29.5. The molecule has 0 bridgehead atoms. The van der Waals surface area contributed by atoms with Crippen LogP contribution in [-0.4, -0.2) is 86.5 Å². The second kappa shape index (κ2) is 9.46. The summed E-state index contributed by atoms with van der Waals surface area (Å²) in [6.07, 6.45) is -12.5. The molecule has 0 aromatic heterocycles.